The minimum atomic E-state index is 0.102. The van der Waals surface area contributed by atoms with Crippen molar-refractivity contribution in [3.63, 3.8) is 0 Å². The SMILES string of the molecule is CN/C=C(/CCOCC=O)N=N. The average Bonchev–Trinajstić information content (AvgIpc) is 2.10. The number of ether oxygens (including phenoxy) is 1. The summed E-state index contributed by atoms with van der Waals surface area (Å²) in [6.07, 6.45) is 2.86. The van der Waals surface area contributed by atoms with Crippen molar-refractivity contribution in [3.05, 3.63) is 11.9 Å². The van der Waals surface area contributed by atoms with Gasteiger partial charge in [0.1, 0.15) is 12.9 Å². The van der Waals surface area contributed by atoms with Gasteiger partial charge >= 0.3 is 0 Å². The molecule has 5 heteroatoms. The third kappa shape index (κ3) is 5.55. The normalized spacial score (nSPS) is 10.9. The molecule has 0 heterocycles. The summed E-state index contributed by atoms with van der Waals surface area (Å²) in [5.74, 6) is 0. The second kappa shape index (κ2) is 7.87. The number of rotatable bonds is 7. The molecule has 0 aromatic heterocycles. The monoisotopic (exact) mass is 171 g/mol. The van der Waals surface area contributed by atoms with Gasteiger partial charge in [0.2, 0.25) is 0 Å². The van der Waals surface area contributed by atoms with E-state index >= 15 is 0 Å². The molecule has 0 spiro atoms. The maximum Gasteiger partial charge on any atom is 0.145 e. The van der Waals surface area contributed by atoms with Crippen LogP contribution in [0.25, 0.3) is 0 Å². The number of hydrogen-bond donors (Lipinski definition) is 2. The molecule has 0 saturated carbocycles. The fourth-order valence-electron chi connectivity index (χ4n) is 0.635. The van der Waals surface area contributed by atoms with Crippen molar-refractivity contribution in [2.75, 3.05) is 20.3 Å². The van der Waals surface area contributed by atoms with E-state index in [1.54, 1.807) is 13.2 Å². The van der Waals surface area contributed by atoms with Gasteiger partial charge in [-0.3, -0.25) is 0 Å². The highest BCUT2D eigenvalue weighted by atomic mass is 16.5. The molecule has 0 aliphatic rings. The molecule has 0 rings (SSSR count). The lowest BCUT2D eigenvalue weighted by Crippen LogP contribution is -2.01. The average molecular weight is 171 g/mol. The Hall–Kier alpha value is -1.23. The third-order valence-electron chi connectivity index (χ3n) is 1.14. The second-order valence-electron chi connectivity index (χ2n) is 2.03. The Morgan fingerprint density at radius 2 is 2.50 bits per heavy atom. The predicted octanol–water partition coefficient (Wildman–Crippen LogP) is 0.684. The summed E-state index contributed by atoms with van der Waals surface area (Å²) in [5, 5.41) is 6.01. The van der Waals surface area contributed by atoms with E-state index in [-0.39, 0.29) is 6.61 Å². The van der Waals surface area contributed by atoms with Crippen molar-refractivity contribution in [3.8, 4) is 0 Å². The topological polar surface area (TPSA) is 74.5 Å². The molecule has 0 unspecified atom stereocenters. The summed E-state index contributed by atoms with van der Waals surface area (Å²) < 4.78 is 4.88. The fourth-order valence-corrected chi connectivity index (χ4v) is 0.635. The van der Waals surface area contributed by atoms with Crippen LogP contribution in [-0.2, 0) is 9.53 Å². The van der Waals surface area contributed by atoms with E-state index in [1.165, 1.54) is 0 Å². The maximum absolute atomic E-state index is 9.83. The molecule has 0 aliphatic heterocycles. The minimum absolute atomic E-state index is 0.102. The van der Waals surface area contributed by atoms with E-state index in [0.717, 1.165) is 0 Å². The van der Waals surface area contributed by atoms with Crippen LogP contribution in [0, 0.1) is 5.53 Å². The van der Waals surface area contributed by atoms with Gasteiger partial charge in [-0.15, -0.1) is 0 Å². The van der Waals surface area contributed by atoms with Crippen LogP contribution < -0.4 is 5.32 Å². The Kier molecular flexibility index (Phi) is 7.07. The smallest absolute Gasteiger partial charge is 0.145 e. The molecular weight excluding hydrogens is 158 g/mol. The highest BCUT2D eigenvalue weighted by Crippen LogP contribution is 2.00. The Balaban J connectivity index is 3.51. The molecule has 0 fully saturated rings. The molecule has 2 N–H and O–H groups in total. The quantitative estimate of drug-likeness (QED) is 0.336. The molecule has 0 amide bonds. The van der Waals surface area contributed by atoms with E-state index < -0.39 is 0 Å². The predicted molar refractivity (Wildman–Crippen MR) is 43.8 cm³/mol. The van der Waals surface area contributed by atoms with Crippen LogP contribution in [0.3, 0.4) is 0 Å². The van der Waals surface area contributed by atoms with E-state index in [4.69, 9.17) is 10.3 Å². The van der Waals surface area contributed by atoms with Crippen molar-refractivity contribution >= 4 is 6.29 Å². The second-order valence-corrected chi connectivity index (χ2v) is 2.03. The number of nitrogens with zero attached hydrogens (tertiary/aromatic N) is 1. The van der Waals surface area contributed by atoms with Crippen LogP contribution in [0.2, 0.25) is 0 Å². The van der Waals surface area contributed by atoms with Crippen molar-refractivity contribution in [2.45, 2.75) is 6.42 Å². The summed E-state index contributed by atoms with van der Waals surface area (Å²) in [6.45, 7) is 0.513. The molecular formula is C7H13N3O2. The Morgan fingerprint density at radius 3 is 3.00 bits per heavy atom. The minimum Gasteiger partial charge on any atom is -0.392 e. The first-order valence-corrected chi connectivity index (χ1v) is 3.60. The standard InChI is InChI=1S/C7H13N3O2/c1-9-6-7(10-8)2-4-12-5-3-11/h3,6,8-9H,2,4-5H2,1H3/b7-6-,10-8?. The van der Waals surface area contributed by atoms with Gasteiger partial charge in [-0.25, -0.2) is 5.53 Å². The van der Waals surface area contributed by atoms with Gasteiger partial charge < -0.3 is 14.8 Å². The number of carbonyl (C=O) groups is 1. The van der Waals surface area contributed by atoms with Crippen LogP contribution in [0.4, 0.5) is 0 Å². The zero-order chi connectivity index (χ0) is 9.23. The van der Waals surface area contributed by atoms with Crippen molar-refractivity contribution in [2.24, 2.45) is 5.11 Å². The molecule has 0 saturated heterocycles. The first kappa shape index (κ1) is 10.8. The lowest BCUT2D eigenvalue weighted by Gasteiger charge is -1.99. The third-order valence-corrected chi connectivity index (χ3v) is 1.14. The summed E-state index contributed by atoms with van der Waals surface area (Å²) >= 11 is 0. The van der Waals surface area contributed by atoms with Crippen LogP contribution >= 0.6 is 0 Å². The maximum atomic E-state index is 9.83. The molecule has 0 radical (unpaired) electrons. The summed E-state index contributed by atoms with van der Waals surface area (Å²) in [5.41, 5.74) is 7.34. The Labute approximate surface area is 71.3 Å². The highest BCUT2D eigenvalue weighted by Gasteiger charge is 1.93. The largest absolute Gasteiger partial charge is 0.392 e. The molecule has 0 aromatic rings. The zero-order valence-corrected chi connectivity index (χ0v) is 7.04. The zero-order valence-electron chi connectivity index (χ0n) is 7.04. The number of hydrogen-bond acceptors (Lipinski definition) is 5. The molecule has 68 valence electrons. The van der Waals surface area contributed by atoms with Crippen LogP contribution in [0.1, 0.15) is 6.42 Å². The molecule has 5 nitrogen and oxygen atoms in total. The van der Waals surface area contributed by atoms with Crippen LogP contribution in [-0.4, -0.2) is 26.5 Å². The first-order valence-electron chi connectivity index (χ1n) is 3.60. The molecule has 0 aromatic carbocycles. The number of carbonyl (C=O) groups excluding carboxylic acids is 1. The number of nitrogens with one attached hydrogen (secondary N) is 2. The summed E-state index contributed by atoms with van der Waals surface area (Å²) in [6, 6.07) is 0. The van der Waals surface area contributed by atoms with Gasteiger partial charge in [0.05, 0.1) is 12.3 Å². The lowest BCUT2D eigenvalue weighted by atomic mass is 10.3. The van der Waals surface area contributed by atoms with Crippen LogP contribution in [0.5, 0.6) is 0 Å². The van der Waals surface area contributed by atoms with E-state index in [9.17, 15) is 4.79 Å². The van der Waals surface area contributed by atoms with Crippen LogP contribution in [0.15, 0.2) is 17.0 Å². The van der Waals surface area contributed by atoms with Gasteiger partial charge in [0.25, 0.3) is 0 Å². The van der Waals surface area contributed by atoms with E-state index in [0.29, 0.717) is 25.0 Å². The van der Waals surface area contributed by atoms with Gasteiger partial charge in [-0.05, 0) is 0 Å². The Bertz CT molecular complexity index is 168. The van der Waals surface area contributed by atoms with E-state index in [2.05, 4.69) is 10.4 Å². The van der Waals surface area contributed by atoms with E-state index in [1.807, 2.05) is 0 Å². The first-order chi connectivity index (χ1) is 5.85. The molecule has 0 bridgehead atoms. The van der Waals surface area contributed by atoms with Crippen molar-refractivity contribution < 1.29 is 9.53 Å². The molecule has 0 aliphatic carbocycles. The van der Waals surface area contributed by atoms with Gasteiger partial charge in [-0.2, -0.15) is 5.11 Å². The number of aldehydes is 1. The fraction of sp³-hybridized carbons (Fsp3) is 0.571. The molecule has 0 atom stereocenters. The molecule has 12 heavy (non-hydrogen) atoms. The van der Waals surface area contributed by atoms with Gasteiger partial charge in [-0.1, -0.05) is 0 Å². The summed E-state index contributed by atoms with van der Waals surface area (Å²) in [4.78, 5) is 9.83. The Morgan fingerprint density at radius 1 is 1.75 bits per heavy atom. The van der Waals surface area contributed by atoms with Crippen molar-refractivity contribution in [1.82, 2.24) is 5.32 Å². The highest BCUT2D eigenvalue weighted by molar-refractivity contribution is 5.50. The summed E-state index contributed by atoms with van der Waals surface area (Å²) in [7, 11) is 1.73. The van der Waals surface area contributed by atoms with Gasteiger partial charge in [0, 0.05) is 19.7 Å². The van der Waals surface area contributed by atoms with Gasteiger partial charge in [0.15, 0.2) is 0 Å². The lowest BCUT2D eigenvalue weighted by molar-refractivity contribution is -0.111. The van der Waals surface area contributed by atoms with Crippen molar-refractivity contribution in [1.29, 1.82) is 5.53 Å².